The highest BCUT2D eigenvalue weighted by molar-refractivity contribution is 5.67. The van der Waals surface area contributed by atoms with Gasteiger partial charge in [0.15, 0.2) is 6.23 Å². The van der Waals surface area contributed by atoms with E-state index in [4.69, 9.17) is 9.47 Å². The van der Waals surface area contributed by atoms with Gasteiger partial charge in [0.25, 0.3) is 0 Å². The number of carbonyl (C=O) groups is 1. The van der Waals surface area contributed by atoms with Crippen molar-refractivity contribution >= 4 is 6.09 Å². The average molecular weight is 249 g/mol. The van der Waals surface area contributed by atoms with Crippen molar-refractivity contribution in [2.24, 2.45) is 0 Å². The SMILES string of the molecule is CCCCOC(=O)N[C@@H]1OC[C@H](O)[C@H](O)[C@@H]1O. The smallest absolute Gasteiger partial charge is 0.409 e. The van der Waals surface area contributed by atoms with Gasteiger partial charge in [-0.3, -0.25) is 5.32 Å². The van der Waals surface area contributed by atoms with Gasteiger partial charge < -0.3 is 24.8 Å². The van der Waals surface area contributed by atoms with E-state index in [1.54, 1.807) is 0 Å². The molecule has 4 N–H and O–H groups in total. The summed E-state index contributed by atoms with van der Waals surface area (Å²) < 4.78 is 9.79. The highest BCUT2D eigenvalue weighted by Gasteiger charge is 2.38. The summed E-state index contributed by atoms with van der Waals surface area (Å²) >= 11 is 0. The lowest BCUT2D eigenvalue weighted by atomic mass is 10.0. The molecule has 1 amide bonds. The molecule has 0 radical (unpaired) electrons. The molecule has 4 atom stereocenters. The molecule has 0 unspecified atom stereocenters. The standard InChI is InChI=1S/C10H19NO6/c1-2-3-4-16-10(15)11-9-8(14)7(13)6(12)5-17-9/h6-9,12-14H,2-5H2,1H3,(H,11,15)/t6-,7-,8-,9+/m0/s1. The fourth-order valence-electron chi connectivity index (χ4n) is 1.40. The van der Waals surface area contributed by atoms with Crippen LogP contribution in [-0.2, 0) is 9.47 Å². The Morgan fingerprint density at radius 1 is 1.41 bits per heavy atom. The Labute approximate surface area is 99.3 Å². The van der Waals surface area contributed by atoms with Gasteiger partial charge in [-0.15, -0.1) is 0 Å². The van der Waals surface area contributed by atoms with E-state index in [2.05, 4.69) is 5.32 Å². The molecule has 17 heavy (non-hydrogen) atoms. The number of nitrogens with one attached hydrogen (secondary N) is 1. The molecule has 0 spiro atoms. The molecule has 0 aromatic rings. The zero-order valence-electron chi connectivity index (χ0n) is 9.70. The van der Waals surface area contributed by atoms with Gasteiger partial charge in [0, 0.05) is 0 Å². The van der Waals surface area contributed by atoms with Crippen LogP contribution in [0.25, 0.3) is 0 Å². The molecule has 0 aromatic carbocycles. The Balaban J connectivity index is 2.33. The molecule has 1 heterocycles. The third-order valence-corrected chi connectivity index (χ3v) is 2.49. The molecule has 100 valence electrons. The molecule has 0 saturated carbocycles. The number of alkyl carbamates (subject to hydrolysis) is 1. The lowest BCUT2D eigenvalue weighted by Gasteiger charge is -2.35. The second-order valence-electron chi connectivity index (χ2n) is 3.94. The first-order valence-corrected chi connectivity index (χ1v) is 5.65. The molecule has 0 aliphatic carbocycles. The maximum Gasteiger partial charge on any atom is 0.409 e. The lowest BCUT2D eigenvalue weighted by Crippen LogP contribution is -2.59. The first-order chi connectivity index (χ1) is 8.06. The van der Waals surface area contributed by atoms with E-state index in [-0.39, 0.29) is 13.2 Å². The monoisotopic (exact) mass is 249 g/mol. The van der Waals surface area contributed by atoms with Crippen molar-refractivity contribution in [1.29, 1.82) is 0 Å². The van der Waals surface area contributed by atoms with E-state index in [9.17, 15) is 20.1 Å². The number of ether oxygens (including phenoxy) is 2. The first kappa shape index (κ1) is 14.2. The van der Waals surface area contributed by atoms with Crippen molar-refractivity contribution in [3.05, 3.63) is 0 Å². The van der Waals surface area contributed by atoms with Crippen LogP contribution in [0.1, 0.15) is 19.8 Å². The van der Waals surface area contributed by atoms with Crippen LogP contribution in [-0.4, -0.2) is 59.2 Å². The molecule has 1 saturated heterocycles. The summed E-state index contributed by atoms with van der Waals surface area (Å²) in [5.41, 5.74) is 0. The van der Waals surface area contributed by atoms with Crippen LogP contribution < -0.4 is 5.32 Å². The Morgan fingerprint density at radius 2 is 2.12 bits per heavy atom. The number of hydrogen-bond donors (Lipinski definition) is 4. The van der Waals surface area contributed by atoms with Crippen molar-refractivity contribution in [3.8, 4) is 0 Å². The van der Waals surface area contributed by atoms with Crippen LogP contribution in [0.5, 0.6) is 0 Å². The van der Waals surface area contributed by atoms with Gasteiger partial charge >= 0.3 is 6.09 Å². The highest BCUT2D eigenvalue weighted by Crippen LogP contribution is 2.13. The maximum absolute atomic E-state index is 11.3. The topological polar surface area (TPSA) is 108 Å². The third kappa shape index (κ3) is 4.12. The van der Waals surface area contributed by atoms with E-state index < -0.39 is 30.6 Å². The van der Waals surface area contributed by atoms with Gasteiger partial charge in [-0.1, -0.05) is 13.3 Å². The van der Waals surface area contributed by atoms with Gasteiger partial charge in [0.2, 0.25) is 0 Å². The van der Waals surface area contributed by atoms with Crippen molar-refractivity contribution < 1.29 is 29.6 Å². The third-order valence-electron chi connectivity index (χ3n) is 2.49. The maximum atomic E-state index is 11.3. The molecule has 1 rings (SSSR count). The summed E-state index contributed by atoms with van der Waals surface area (Å²) in [7, 11) is 0. The van der Waals surface area contributed by atoms with Crippen LogP contribution in [0.15, 0.2) is 0 Å². The van der Waals surface area contributed by atoms with Crippen LogP contribution in [0.3, 0.4) is 0 Å². The Bertz CT molecular complexity index is 249. The van der Waals surface area contributed by atoms with E-state index in [1.165, 1.54) is 0 Å². The van der Waals surface area contributed by atoms with Gasteiger partial charge in [0.05, 0.1) is 13.2 Å². The minimum absolute atomic E-state index is 0.155. The molecule has 1 fully saturated rings. The summed E-state index contributed by atoms with van der Waals surface area (Å²) in [6.45, 7) is 2.10. The van der Waals surface area contributed by atoms with E-state index in [1.807, 2.05) is 6.92 Å². The van der Waals surface area contributed by atoms with Gasteiger partial charge in [-0.2, -0.15) is 0 Å². The number of aliphatic hydroxyl groups excluding tert-OH is 3. The minimum atomic E-state index is -1.38. The number of rotatable bonds is 4. The zero-order chi connectivity index (χ0) is 12.8. The Kier molecular flexibility index (Phi) is 5.63. The number of amides is 1. The molecule has 0 bridgehead atoms. The van der Waals surface area contributed by atoms with Crippen LogP contribution >= 0.6 is 0 Å². The summed E-state index contributed by atoms with van der Waals surface area (Å²) in [5.74, 6) is 0. The van der Waals surface area contributed by atoms with E-state index in [0.29, 0.717) is 0 Å². The molecule has 7 nitrogen and oxygen atoms in total. The largest absolute Gasteiger partial charge is 0.450 e. The number of hydrogen-bond acceptors (Lipinski definition) is 6. The summed E-state index contributed by atoms with van der Waals surface area (Å²) in [6.07, 6.45) is -4.00. The fraction of sp³-hybridized carbons (Fsp3) is 0.900. The van der Waals surface area contributed by atoms with Gasteiger partial charge in [0.1, 0.15) is 18.3 Å². The van der Waals surface area contributed by atoms with Crippen molar-refractivity contribution in [3.63, 3.8) is 0 Å². The normalized spacial score (nSPS) is 33.2. The molecule has 1 aliphatic heterocycles. The van der Waals surface area contributed by atoms with Crippen molar-refractivity contribution in [2.45, 2.75) is 44.3 Å². The summed E-state index contributed by atoms with van der Waals surface area (Å²) in [5, 5.41) is 30.4. The van der Waals surface area contributed by atoms with E-state index in [0.717, 1.165) is 12.8 Å². The second-order valence-corrected chi connectivity index (χ2v) is 3.94. The summed E-state index contributed by atoms with van der Waals surface area (Å²) in [4.78, 5) is 11.3. The average Bonchev–Trinajstić information content (AvgIpc) is 2.30. The van der Waals surface area contributed by atoms with Crippen molar-refractivity contribution in [2.75, 3.05) is 13.2 Å². The van der Waals surface area contributed by atoms with Gasteiger partial charge in [-0.05, 0) is 6.42 Å². The quantitative estimate of drug-likeness (QED) is 0.474. The zero-order valence-corrected chi connectivity index (χ0v) is 9.70. The minimum Gasteiger partial charge on any atom is -0.450 e. The predicted octanol–water partition coefficient (Wildman–Crippen LogP) is -1.05. The van der Waals surface area contributed by atoms with Crippen LogP contribution in [0.2, 0.25) is 0 Å². The molecular weight excluding hydrogens is 230 g/mol. The fourth-order valence-corrected chi connectivity index (χ4v) is 1.40. The van der Waals surface area contributed by atoms with E-state index >= 15 is 0 Å². The van der Waals surface area contributed by atoms with Crippen molar-refractivity contribution in [1.82, 2.24) is 5.32 Å². The number of carbonyl (C=O) groups excluding carboxylic acids is 1. The first-order valence-electron chi connectivity index (χ1n) is 5.65. The molecule has 1 aliphatic rings. The number of aliphatic hydroxyl groups is 3. The summed E-state index contributed by atoms with van der Waals surface area (Å²) in [6, 6.07) is 0. The lowest BCUT2D eigenvalue weighted by molar-refractivity contribution is -0.192. The second kappa shape index (κ2) is 6.75. The Morgan fingerprint density at radius 3 is 2.76 bits per heavy atom. The predicted molar refractivity (Wildman–Crippen MR) is 57.2 cm³/mol. The molecular formula is C10H19NO6. The number of unbranched alkanes of at least 4 members (excludes halogenated alkanes) is 1. The molecule has 7 heteroatoms. The molecule has 0 aromatic heterocycles. The van der Waals surface area contributed by atoms with Crippen LogP contribution in [0, 0.1) is 0 Å². The van der Waals surface area contributed by atoms with Gasteiger partial charge in [-0.25, -0.2) is 4.79 Å². The Hall–Kier alpha value is -0.890. The highest BCUT2D eigenvalue weighted by atomic mass is 16.6. The van der Waals surface area contributed by atoms with Crippen LogP contribution in [0.4, 0.5) is 4.79 Å².